The Labute approximate surface area is 80.1 Å². The third kappa shape index (κ3) is 0.908. The van der Waals surface area contributed by atoms with Crippen LogP contribution >= 0.6 is 0 Å². The summed E-state index contributed by atoms with van der Waals surface area (Å²) < 4.78 is 26.9. The van der Waals surface area contributed by atoms with Gasteiger partial charge < -0.3 is 4.90 Å². The fraction of sp³-hybridized carbons (Fsp3) is 0.300. The van der Waals surface area contributed by atoms with Crippen molar-refractivity contribution in [1.29, 1.82) is 0 Å². The first-order valence-electron chi connectivity index (χ1n) is 4.22. The van der Waals surface area contributed by atoms with Gasteiger partial charge in [-0.1, -0.05) is 12.1 Å². The molecule has 0 spiro atoms. The molecular weight excluding hydrogens is 188 g/mol. The maximum atomic E-state index is 13.5. The zero-order valence-electron chi connectivity index (χ0n) is 7.84. The van der Waals surface area contributed by atoms with Crippen LogP contribution in [0.5, 0.6) is 0 Å². The van der Waals surface area contributed by atoms with Gasteiger partial charge in [0.05, 0.1) is 11.3 Å². The molecule has 0 bridgehead atoms. The summed E-state index contributed by atoms with van der Waals surface area (Å²) in [6.07, 6.45) is 0. The quantitative estimate of drug-likeness (QED) is 0.623. The molecule has 0 unspecified atom stereocenters. The maximum absolute atomic E-state index is 13.5. The molecule has 0 aromatic heterocycles. The predicted octanol–water partition coefficient (Wildman–Crippen LogP) is 2.06. The van der Waals surface area contributed by atoms with Crippen molar-refractivity contribution < 1.29 is 13.6 Å². The summed E-state index contributed by atoms with van der Waals surface area (Å²) in [6.45, 7) is 1.58. The molecule has 4 heteroatoms. The normalized spacial score (nSPS) is 18.6. The van der Waals surface area contributed by atoms with Crippen molar-refractivity contribution in [3.63, 3.8) is 0 Å². The summed E-state index contributed by atoms with van der Waals surface area (Å²) in [7, 11) is 1.36. The highest BCUT2D eigenvalue weighted by Gasteiger charge is 2.52. The van der Waals surface area contributed by atoms with Crippen LogP contribution in [0.4, 0.5) is 14.5 Å². The van der Waals surface area contributed by atoms with Crippen molar-refractivity contribution in [2.45, 2.75) is 12.8 Å². The molecule has 0 atom stereocenters. The average Bonchev–Trinajstić information content (AvgIpc) is 2.29. The standard InChI is InChI=1S/C10H9F2NO/c1-6-4-3-5-7-8(6)10(11,12)9(14)13(7)2/h3-5H,1-2H3. The molecule has 0 radical (unpaired) electrons. The minimum absolute atomic E-state index is 0.160. The van der Waals surface area contributed by atoms with Gasteiger partial charge in [0, 0.05) is 7.05 Å². The molecule has 1 aliphatic rings. The van der Waals surface area contributed by atoms with Gasteiger partial charge in [0.25, 0.3) is 0 Å². The predicted molar refractivity (Wildman–Crippen MR) is 48.5 cm³/mol. The number of likely N-dealkylation sites (N-methyl/N-ethyl adjacent to an activating group) is 1. The number of halogens is 2. The smallest absolute Gasteiger partial charge is 0.309 e. The van der Waals surface area contributed by atoms with Crippen molar-refractivity contribution in [1.82, 2.24) is 0 Å². The number of nitrogens with zero attached hydrogens (tertiary/aromatic N) is 1. The molecule has 1 amide bonds. The van der Waals surface area contributed by atoms with E-state index < -0.39 is 11.8 Å². The molecule has 2 rings (SSSR count). The van der Waals surface area contributed by atoms with Crippen molar-refractivity contribution in [2.24, 2.45) is 0 Å². The molecule has 74 valence electrons. The first kappa shape index (κ1) is 9.12. The van der Waals surface area contributed by atoms with Gasteiger partial charge in [-0.15, -0.1) is 0 Å². The second-order valence-electron chi connectivity index (χ2n) is 3.41. The number of aryl methyl sites for hydroxylation is 1. The number of amides is 1. The highest BCUT2D eigenvalue weighted by Crippen LogP contribution is 2.44. The minimum atomic E-state index is -3.37. The van der Waals surface area contributed by atoms with Crippen molar-refractivity contribution in [2.75, 3.05) is 11.9 Å². The molecule has 0 saturated carbocycles. The fourth-order valence-electron chi connectivity index (χ4n) is 1.77. The van der Waals surface area contributed by atoms with Gasteiger partial charge in [-0.3, -0.25) is 4.79 Å². The topological polar surface area (TPSA) is 20.3 Å². The lowest BCUT2D eigenvalue weighted by Crippen LogP contribution is -2.31. The van der Waals surface area contributed by atoms with Crippen molar-refractivity contribution >= 4 is 11.6 Å². The largest absolute Gasteiger partial charge is 0.352 e. The number of carbonyl (C=O) groups excluding carboxylic acids is 1. The molecule has 2 nitrogen and oxygen atoms in total. The van der Waals surface area contributed by atoms with Crippen LogP contribution in [0.2, 0.25) is 0 Å². The average molecular weight is 197 g/mol. The van der Waals surface area contributed by atoms with E-state index in [-0.39, 0.29) is 5.56 Å². The Hall–Kier alpha value is -1.45. The van der Waals surface area contributed by atoms with E-state index in [4.69, 9.17) is 0 Å². The van der Waals surface area contributed by atoms with Crippen LogP contribution in [0, 0.1) is 6.92 Å². The van der Waals surface area contributed by atoms with E-state index in [1.165, 1.54) is 13.1 Å². The fourth-order valence-corrected chi connectivity index (χ4v) is 1.77. The summed E-state index contributed by atoms with van der Waals surface area (Å²) in [5, 5.41) is 0. The van der Waals surface area contributed by atoms with E-state index in [0.29, 0.717) is 11.3 Å². The molecule has 1 aromatic rings. The zero-order valence-corrected chi connectivity index (χ0v) is 7.84. The third-order valence-corrected chi connectivity index (χ3v) is 2.50. The summed E-state index contributed by atoms with van der Waals surface area (Å²) in [5.74, 6) is -4.52. The molecule has 1 aromatic carbocycles. The van der Waals surface area contributed by atoms with Gasteiger partial charge in [-0.25, -0.2) is 0 Å². The number of benzene rings is 1. The van der Waals surface area contributed by atoms with Crippen LogP contribution in [0.15, 0.2) is 18.2 Å². The monoisotopic (exact) mass is 197 g/mol. The number of hydrogen-bond donors (Lipinski definition) is 0. The van der Waals surface area contributed by atoms with Crippen LogP contribution in [0.3, 0.4) is 0 Å². The van der Waals surface area contributed by atoms with E-state index >= 15 is 0 Å². The Morgan fingerprint density at radius 3 is 2.57 bits per heavy atom. The number of alkyl halides is 2. The molecule has 0 N–H and O–H groups in total. The maximum Gasteiger partial charge on any atom is 0.352 e. The molecular formula is C10H9F2NO. The SMILES string of the molecule is Cc1cccc2c1C(F)(F)C(=O)N2C. The Morgan fingerprint density at radius 1 is 1.36 bits per heavy atom. The molecule has 1 heterocycles. The van der Waals surface area contributed by atoms with Crippen molar-refractivity contribution in [3.8, 4) is 0 Å². The van der Waals surface area contributed by atoms with E-state index in [1.807, 2.05) is 0 Å². The van der Waals surface area contributed by atoms with Gasteiger partial charge in [-0.05, 0) is 18.6 Å². The molecule has 1 aliphatic heterocycles. The second-order valence-corrected chi connectivity index (χ2v) is 3.41. The number of carbonyl (C=O) groups is 1. The first-order chi connectivity index (χ1) is 6.46. The number of hydrogen-bond acceptors (Lipinski definition) is 1. The lowest BCUT2D eigenvalue weighted by Gasteiger charge is -2.09. The number of rotatable bonds is 0. The molecule has 0 saturated heterocycles. The van der Waals surface area contributed by atoms with Crippen LogP contribution in [-0.2, 0) is 10.7 Å². The van der Waals surface area contributed by atoms with Crippen LogP contribution in [-0.4, -0.2) is 13.0 Å². The number of anilines is 1. The van der Waals surface area contributed by atoms with Gasteiger partial charge in [0.2, 0.25) is 0 Å². The highest BCUT2D eigenvalue weighted by atomic mass is 19.3. The van der Waals surface area contributed by atoms with Gasteiger partial charge in [0.15, 0.2) is 0 Å². The zero-order chi connectivity index (χ0) is 10.5. The summed E-state index contributed by atoms with van der Waals surface area (Å²) >= 11 is 0. The summed E-state index contributed by atoms with van der Waals surface area (Å²) in [4.78, 5) is 12.2. The van der Waals surface area contributed by atoms with Crippen LogP contribution in [0.1, 0.15) is 11.1 Å². The van der Waals surface area contributed by atoms with Gasteiger partial charge >= 0.3 is 11.8 Å². The number of fused-ring (bicyclic) bond motifs is 1. The molecule has 0 aliphatic carbocycles. The van der Waals surface area contributed by atoms with Crippen LogP contribution < -0.4 is 4.90 Å². The lowest BCUT2D eigenvalue weighted by atomic mass is 10.0. The van der Waals surface area contributed by atoms with E-state index in [0.717, 1.165) is 4.90 Å². The highest BCUT2D eigenvalue weighted by molar-refractivity contribution is 6.05. The van der Waals surface area contributed by atoms with E-state index in [9.17, 15) is 13.6 Å². The summed E-state index contributed by atoms with van der Waals surface area (Å²) in [5.41, 5.74) is 0.595. The van der Waals surface area contributed by atoms with E-state index in [1.54, 1.807) is 19.1 Å². The van der Waals surface area contributed by atoms with Gasteiger partial charge in [0.1, 0.15) is 0 Å². The Morgan fingerprint density at radius 2 is 2.00 bits per heavy atom. The molecule has 0 fully saturated rings. The first-order valence-corrected chi connectivity index (χ1v) is 4.22. The molecule has 14 heavy (non-hydrogen) atoms. The van der Waals surface area contributed by atoms with Gasteiger partial charge in [-0.2, -0.15) is 8.78 Å². The Balaban J connectivity index is 2.75. The Bertz CT molecular complexity index is 415. The van der Waals surface area contributed by atoms with E-state index in [2.05, 4.69) is 0 Å². The van der Waals surface area contributed by atoms with Crippen LogP contribution in [0.25, 0.3) is 0 Å². The van der Waals surface area contributed by atoms with Crippen molar-refractivity contribution in [3.05, 3.63) is 29.3 Å². The second kappa shape index (κ2) is 2.53. The Kier molecular flexibility index (Phi) is 1.65. The summed E-state index contributed by atoms with van der Waals surface area (Å²) in [6, 6.07) is 4.78. The third-order valence-electron chi connectivity index (χ3n) is 2.50. The minimum Gasteiger partial charge on any atom is -0.309 e. The lowest BCUT2D eigenvalue weighted by molar-refractivity contribution is -0.141.